The summed E-state index contributed by atoms with van der Waals surface area (Å²) < 4.78 is 1.21. The molecule has 1 aliphatic carbocycles. The van der Waals surface area contributed by atoms with Crippen molar-refractivity contribution in [2.24, 2.45) is 11.1 Å². The Balaban J connectivity index is 1.64. The fraction of sp³-hybridized carbons (Fsp3) is 0.750. The van der Waals surface area contributed by atoms with Crippen LogP contribution in [-0.4, -0.2) is 24.5 Å². The maximum absolute atomic E-state index is 6.06. The molecule has 0 amide bonds. The molecule has 2 fully saturated rings. The molecule has 20 heavy (non-hydrogen) atoms. The molecule has 1 aromatic heterocycles. The number of halogens is 1. The Morgan fingerprint density at radius 2 is 1.85 bits per heavy atom. The van der Waals surface area contributed by atoms with Gasteiger partial charge in [0.1, 0.15) is 0 Å². The van der Waals surface area contributed by atoms with Crippen LogP contribution >= 0.6 is 27.3 Å². The van der Waals surface area contributed by atoms with E-state index in [9.17, 15) is 0 Å². The first-order valence-electron chi connectivity index (χ1n) is 7.92. The van der Waals surface area contributed by atoms with Crippen molar-refractivity contribution in [1.29, 1.82) is 0 Å². The van der Waals surface area contributed by atoms with Crippen LogP contribution < -0.4 is 5.73 Å². The maximum Gasteiger partial charge on any atom is 0.0702 e. The first-order valence-corrected chi connectivity index (χ1v) is 9.53. The Hall–Kier alpha value is 0.1000. The van der Waals surface area contributed by atoms with Gasteiger partial charge in [-0.2, -0.15) is 0 Å². The van der Waals surface area contributed by atoms with Gasteiger partial charge in [-0.05, 0) is 72.3 Å². The van der Waals surface area contributed by atoms with Gasteiger partial charge in [0.15, 0.2) is 0 Å². The highest BCUT2D eigenvalue weighted by Crippen LogP contribution is 2.46. The standard InChI is InChI=1S/C16H25BrN2S/c17-15-5-4-14(20-15)13(12-18)19-10-8-16(9-11-19)6-2-1-3-7-16/h4-5,13H,1-3,6-12,18H2. The van der Waals surface area contributed by atoms with Crippen LogP contribution in [0.5, 0.6) is 0 Å². The van der Waals surface area contributed by atoms with Crippen LogP contribution in [-0.2, 0) is 0 Å². The largest absolute Gasteiger partial charge is 0.329 e. The van der Waals surface area contributed by atoms with Gasteiger partial charge in [0, 0.05) is 11.4 Å². The highest BCUT2D eigenvalue weighted by Gasteiger charge is 2.37. The summed E-state index contributed by atoms with van der Waals surface area (Å²) >= 11 is 5.41. The van der Waals surface area contributed by atoms with Crippen molar-refractivity contribution in [2.45, 2.75) is 51.0 Å². The fourth-order valence-electron chi connectivity index (χ4n) is 4.06. The van der Waals surface area contributed by atoms with E-state index in [1.165, 1.54) is 66.7 Å². The van der Waals surface area contributed by atoms with Gasteiger partial charge in [0.05, 0.1) is 9.83 Å². The average molecular weight is 357 g/mol. The molecule has 3 rings (SSSR count). The van der Waals surface area contributed by atoms with E-state index >= 15 is 0 Å². The number of nitrogens with zero attached hydrogens (tertiary/aromatic N) is 1. The molecular weight excluding hydrogens is 332 g/mol. The van der Waals surface area contributed by atoms with Gasteiger partial charge in [-0.15, -0.1) is 11.3 Å². The molecule has 0 radical (unpaired) electrons. The van der Waals surface area contributed by atoms with Crippen LogP contribution in [0.25, 0.3) is 0 Å². The summed E-state index contributed by atoms with van der Waals surface area (Å²) in [4.78, 5) is 4.04. The summed E-state index contributed by atoms with van der Waals surface area (Å²) in [7, 11) is 0. The minimum Gasteiger partial charge on any atom is -0.329 e. The zero-order chi connectivity index (χ0) is 14.0. The Bertz CT molecular complexity index is 429. The molecule has 1 atom stereocenters. The molecule has 1 saturated heterocycles. The third-order valence-electron chi connectivity index (χ3n) is 5.36. The van der Waals surface area contributed by atoms with Gasteiger partial charge in [-0.25, -0.2) is 0 Å². The molecule has 1 saturated carbocycles. The van der Waals surface area contributed by atoms with Gasteiger partial charge in [-0.3, -0.25) is 4.90 Å². The van der Waals surface area contributed by atoms with E-state index in [2.05, 4.69) is 33.0 Å². The highest BCUT2D eigenvalue weighted by atomic mass is 79.9. The summed E-state index contributed by atoms with van der Waals surface area (Å²) in [6, 6.07) is 4.80. The van der Waals surface area contributed by atoms with Gasteiger partial charge < -0.3 is 5.73 Å². The van der Waals surface area contributed by atoms with Crippen LogP contribution in [0.3, 0.4) is 0 Å². The van der Waals surface area contributed by atoms with Gasteiger partial charge in [-0.1, -0.05) is 19.3 Å². The van der Waals surface area contributed by atoms with Crippen molar-refractivity contribution in [1.82, 2.24) is 4.90 Å². The van der Waals surface area contributed by atoms with E-state index in [0.29, 0.717) is 11.5 Å². The molecule has 2 heterocycles. The molecule has 112 valence electrons. The van der Waals surface area contributed by atoms with Gasteiger partial charge in [0.25, 0.3) is 0 Å². The number of thiophene rings is 1. The van der Waals surface area contributed by atoms with Crippen molar-refractivity contribution in [3.05, 3.63) is 20.8 Å². The molecule has 2 nitrogen and oxygen atoms in total. The van der Waals surface area contributed by atoms with E-state index in [4.69, 9.17) is 5.73 Å². The van der Waals surface area contributed by atoms with Crippen LogP contribution in [0.2, 0.25) is 0 Å². The predicted molar refractivity (Wildman–Crippen MR) is 90.1 cm³/mol. The monoisotopic (exact) mass is 356 g/mol. The number of nitrogens with two attached hydrogens (primary N) is 1. The Labute approximate surface area is 134 Å². The topological polar surface area (TPSA) is 29.3 Å². The molecule has 1 unspecified atom stereocenters. The van der Waals surface area contributed by atoms with E-state index < -0.39 is 0 Å². The zero-order valence-corrected chi connectivity index (χ0v) is 14.5. The van der Waals surface area contributed by atoms with Crippen LogP contribution in [0.4, 0.5) is 0 Å². The second-order valence-electron chi connectivity index (χ2n) is 6.49. The average Bonchev–Trinajstić information content (AvgIpc) is 2.89. The van der Waals surface area contributed by atoms with Gasteiger partial charge in [0.2, 0.25) is 0 Å². The lowest BCUT2D eigenvalue weighted by Gasteiger charge is -2.46. The normalized spacial score (nSPS) is 24.9. The summed E-state index contributed by atoms with van der Waals surface area (Å²) in [5.41, 5.74) is 6.75. The Kier molecular flexibility index (Phi) is 4.86. The molecular formula is C16H25BrN2S. The zero-order valence-electron chi connectivity index (χ0n) is 12.1. The molecule has 2 N–H and O–H groups in total. The molecule has 2 aliphatic rings. The smallest absolute Gasteiger partial charge is 0.0702 e. The Morgan fingerprint density at radius 3 is 2.40 bits per heavy atom. The number of rotatable bonds is 3. The second kappa shape index (κ2) is 6.47. The lowest BCUT2D eigenvalue weighted by atomic mass is 9.68. The van der Waals surface area contributed by atoms with Crippen molar-refractivity contribution in [3.8, 4) is 0 Å². The summed E-state index contributed by atoms with van der Waals surface area (Å²) in [5.74, 6) is 0. The van der Waals surface area contributed by atoms with Crippen molar-refractivity contribution < 1.29 is 0 Å². The van der Waals surface area contributed by atoms with E-state index in [1.807, 2.05) is 11.3 Å². The van der Waals surface area contributed by atoms with Crippen LogP contribution in [0.1, 0.15) is 55.9 Å². The predicted octanol–water partition coefficient (Wildman–Crippen LogP) is 4.56. The number of hydrogen-bond donors (Lipinski definition) is 1. The molecule has 1 spiro atoms. The number of hydrogen-bond acceptors (Lipinski definition) is 3. The lowest BCUT2D eigenvalue weighted by molar-refractivity contribution is 0.0472. The van der Waals surface area contributed by atoms with E-state index in [1.54, 1.807) is 0 Å². The van der Waals surface area contributed by atoms with Crippen LogP contribution in [0.15, 0.2) is 15.9 Å². The molecule has 0 bridgehead atoms. The van der Waals surface area contributed by atoms with Crippen LogP contribution in [0, 0.1) is 5.41 Å². The molecule has 1 aliphatic heterocycles. The second-order valence-corrected chi connectivity index (χ2v) is 8.98. The minimum absolute atomic E-state index is 0.423. The van der Waals surface area contributed by atoms with Crippen molar-refractivity contribution >= 4 is 27.3 Å². The Morgan fingerprint density at radius 1 is 1.15 bits per heavy atom. The fourth-order valence-corrected chi connectivity index (χ4v) is 5.64. The van der Waals surface area contributed by atoms with Crippen molar-refractivity contribution in [3.63, 3.8) is 0 Å². The SMILES string of the molecule is NCC(c1ccc(Br)s1)N1CCC2(CCCCC2)CC1. The molecule has 1 aromatic rings. The van der Waals surface area contributed by atoms with Gasteiger partial charge >= 0.3 is 0 Å². The highest BCUT2D eigenvalue weighted by molar-refractivity contribution is 9.11. The van der Waals surface area contributed by atoms with E-state index in [-0.39, 0.29) is 0 Å². The van der Waals surface area contributed by atoms with E-state index in [0.717, 1.165) is 6.54 Å². The van der Waals surface area contributed by atoms with Crippen molar-refractivity contribution in [2.75, 3.05) is 19.6 Å². The minimum atomic E-state index is 0.423. The molecule has 0 aromatic carbocycles. The third kappa shape index (κ3) is 3.13. The molecule has 4 heteroatoms. The first kappa shape index (κ1) is 15.0. The third-order valence-corrected chi connectivity index (χ3v) is 7.08. The lowest BCUT2D eigenvalue weighted by Crippen LogP contribution is -2.44. The number of piperidine rings is 1. The quantitative estimate of drug-likeness (QED) is 0.859. The number of likely N-dealkylation sites (tertiary alicyclic amines) is 1. The summed E-state index contributed by atoms with van der Waals surface area (Å²) in [6.07, 6.45) is 10.1. The maximum atomic E-state index is 6.06. The summed E-state index contributed by atoms with van der Waals surface area (Å²) in [5, 5.41) is 0. The summed E-state index contributed by atoms with van der Waals surface area (Å²) in [6.45, 7) is 3.20. The first-order chi connectivity index (χ1) is 9.72.